The molecule has 90 valence electrons. The van der Waals surface area contributed by atoms with Gasteiger partial charge in [0.15, 0.2) is 0 Å². The summed E-state index contributed by atoms with van der Waals surface area (Å²) in [5.41, 5.74) is 1.19. The maximum atomic E-state index is 5.60. The molecule has 0 aromatic heterocycles. The Balaban J connectivity index is 2.76. The third-order valence-corrected chi connectivity index (χ3v) is 3.77. The van der Waals surface area contributed by atoms with Gasteiger partial charge in [0.25, 0.3) is 0 Å². The van der Waals surface area contributed by atoms with Crippen LogP contribution in [0.25, 0.3) is 0 Å². The Morgan fingerprint density at radius 2 is 1.50 bits per heavy atom. The van der Waals surface area contributed by atoms with Gasteiger partial charge in [-0.3, -0.25) is 0 Å². The van der Waals surface area contributed by atoms with E-state index in [1.54, 1.807) is 0 Å². The van der Waals surface area contributed by atoms with Gasteiger partial charge in [-0.15, -0.1) is 0 Å². The van der Waals surface area contributed by atoms with Gasteiger partial charge in [0.2, 0.25) is 8.38 Å². The maximum absolute atomic E-state index is 5.60. The minimum absolute atomic E-state index is 0.682. The van der Waals surface area contributed by atoms with E-state index in [0.29, 0.717) is 13.2 Å². The van der Waals surface area contributed by atoms with Crippen molar-refractivity contribution >= 4 is 19.4 Å². The average molecular weight is 241 g/mol. The lowest BCUT2D eigenvalue weighted by Gasteiger charge is -2.17. The Bertz CT molecular complexity index is 294. The van der Waals surface area contributed by atoms with Gasteiger partial charge >= 0.3 is 0 Å². The predicted octanol–water partition coefficient (Wildman–Crippen LogP) is 2.76. The van der Waals surface area contributed by atoms with Crippen LogP contribution in [0.5, 0.6) is 0 Å². The second-order valence-electron chi connectivity index (χ2n) is 3.50. The lowest BCUT2D eigenvalue weighted by Crippen LogP contribution is -2.11. The molecule has 0 saturated heterocycles. The first-order valence-corrected chi connectivity index (χ1v) is 6.70. The third-order valence-electron chi connectivity index (χ3n) is 2.07. The minimum atomic E-state index is -0.906. The van der Waals surface area contributed by atoms with Gasteiger partial charge in [-0.2, -0.15) is 0 Å². The molecular formula is C12H20NO2P. The molecule has 1 aromatic carbocycles. The normalized spacial score (nSPS) is 10.8. The summed E-state index contributed by atoms with van der Waals surface area (Å²) in [4.78, 5) is 2.08. The number of benzene rings is 1. The van der Waals surface area contributed by atoms with Crippen molar-refractivity contribution in [2.24, 2.45) is 0 Å². The molecule has 16 heavy (non-hydrogen) atoms. The number of nitrogens with zero attached hydrogens (tertiary/aromatic N) is 1. The summed E-state index contributed by atoms with van der Waals surface area (Å²) in [6, 6.07) is 8.32. The molecule has 3 nitrogen and oxygen atoms in total. The minimum Gasteiger partial charge on any atom is -0.378 e. The molecule has 4 heteroatoms. The monoisotopic (exact) mass is 241 g/mol. The van der Waals surface area contributed by atoms with Crippen LogP contribution in [-0.4, -0.2) is 27.3 Å². The first-order valence-electron chi connectivity index (χ1n) is 5.52. The Hall–Kier alpha value is -0.630. The van der Waals surface area contributed by atoms with Crippen LogP contribution >= 0.6 is 8.38 Å². The molecule has 0 spiro atoms. The number of hydrogen-bond donors (Lipinski definition) is 0. The molecule has 0 unspecified atom stereocenters. The van der Waals surface area contributed by atoms with Crippen molar-refractivity contribution < 1.29 is 9.05 Å². The zero-order chi connectivity index (χ0) is 12.0. The highest BCUT2D eigenvalue weighted by Crippen LogP contribution is 2.37. The van der Waals surface area contributed by atoms with Gasteiger partial charge < -0.3 is 13.9 Å². The highest BCUT2D eigenvalue weighted by molar-refractivity contribution is 7.56. The Kier molecular flexibility index (Phi) is 5.75. The van der Waals surface area contributed by atoms with Crippen LogP contribution in [0.4, 0.5) is 5.69 Å². The molecule has 0 amide bonds. The first-order chi connectivity index (χ1) is 7.69. The van der Waals surface area contributed by atoms with Gasteiger partial charge in [-0.1, -0.05) is 0 Å². The molecular weight excluding hydrogens is 221 g/mol. The quantitative estimate of drug-likeness (QED) is 0.715. The number of hydrogen-bond acceptors (Lipinski definition) is 3. The maximum Gasteiger partial charge on any atom is 0.205 e. The molecule has 0 aliphatic rings. The van der Waals surface area contributed by atoms with Crippen LogP contribution in [0.1, 0.15) is 13.8 Å². The van der Waals surface area contributed by atoms with Crippen molar-refractivity contribution in [1.82, 2.24) is 0 Å². The molecule has 1 aromatic rings. The third kappa shape index (κ3) is 3.75. The summed E-state index contributed by atoms with van der Waals surface area (Å²) in [6.45, 7) is 5.34. The summed E-state index contributed by atoms with van der Waals surface area (Å²) in [5, 5.41) is 1.13. The fourth-order valence-corrected chi connectivity index (χ4v) is 2.53. The lowest BCUT2D eigenvalue weighted by atomic mass is 10.3. The van der Waals surface area contributed by atoms with Crippen molar-refractivity contribution in [2.45, 2.75) is 13.8 Å². The fraction of sp³-hybridized carbons (Fsp3) is 0.500. The first kappa shape index (κ1) is 13.4. The predicted molar refractivity (Wildman–Crippen MR) is 70.6 cm³/mol. The Morgan fingerprint density at radius 1 is 1.00 bits per heavy atom. The van der Waals surface area contributed by atoms with E-state index in [2.05, 4.69) is 29.2 Å². The largest absolute Gasteiger partial charge is 0.378 e. The van der Waals surface area contributed by atoms with Crippen molar-refractivity contribution in [3.63, 3.8) is 0 Å². The summed E-state index contributed by atoms with van der Waals surface area (Å²) in [6.07, 6.45) is 0. The summed E-state index contributed by atoms with van der Waals surface area (Å²) in [5.74, 6) is 0. The second-order valence-corrected chi connectivity index (χ2v) is 5.05. The second kappa shape index (κ2) is 6.85. The molecule has 0 bridgehead atoms. The van der Waals surface area contributed by atoms with E-state index in [-0.39, 0.29) is 0 Å². The van der Waals surface area contributed by atoms with Crippen LogP contribution in [0.3, 0.4) is 0 Å². The molecule has 0 N–H and O–H groups in total. The summed E-state index contributed by atoms with van der Waals surface area (Å²) < 4.78 is 11.2. The molecule has 0 radical (unpaired) electrons. The Morgan fingerprint density at radius 3 is 1.88 bits per heavy atom. The van der Waals surface area contributed by atoms with Gasteiger partial charge in [-0.25, -0.2) is 0 Å². The zero-order valence-corrected chi connectivity index (χ0v) is 11.3. The molecule has 0 aliphatic carbocycles. The van der Waals surface area contributed by atoms with E-state index in [4.69, 9.17) is 9.05 Å². The van der Waals surface area contributed by atoms with Gasteiger partial charge in [0, 0.05) is 25.1 Å². The highest BCUT2D eigenvalue weighted by atomic mass is 31.2. The molecule has 0 saturated carbocycles. The topological polar surface area (TPSA) is 21.7 Å². The van der Waals surface area contributed by atoms with Crippen LogP contribution in [0.15, 0.2) is 24.3 Å². The van der Waals surface area contributed by atoms with Gasteiger partial charge in [0.05, 0.1) is 13.2 Å². The summed E-state index contributed by atoms with van der Waals surface area (Å²) >= 11 is 0. The van der Waals surface area contributed by atoms with Crippen molar-refractivity contribution in [3.05, 3.63) is 24.3 Å². The molecule has 0 heterocycles. The number of anilines is 1. The zero-order valence-electron chi connectivity index (χ0n) is 10.4. The van der Waals surface area contributed by atoms with Crippen molar-refractivity contribution in [1.29, 1.82) is 0 Å². The van der Waals surface area contributed by atoms with Crippen LogP contribution in [0.2, 0.25) is 0 Å². The van der Waals surface area contributed by atoms with Crippen molar-refractivity contribution in [2.75, 3.05) is 32.2 Å². The van der Waals surface area contributed by atoms with E-state index < -0.39 is 8.38 Å². The lowest BCUT2D eigenvalue weighted by molar-refractivity contribution is 0.277. The van der Waals surface area contributed by atoms with E-state index in [1.807, 2.05) is 27.9 Å². The molecule has 1 rings (SSSR count). The molecule has 0 fully saturated rings. The SMILES string of the molecule is CCOP(OCC)c1ccc(N(C)C)cc1. The van der Waals surface area contributed by atoms with Crippen LogP contribution in [0, 0.1) is 0 Å². The van der Waals surface area contributed by atoms with E-state index in [1.165, 1.54) is 5.69 Å². The van der Waals surface area contributed by atoms with Crippen LogP contribution < -0.4 is 10.2 Å². The van der Waals surface area contributed by atoms with E-state index in [0.717, 1.165) is 5.30 Å². The average Bonchev–Trinajstić information content (AvgIpc) is 2.29. The standard InChI is InChI=1S/C12H20NO2P/c1-5-14-16(15-6-2)12-9-7-11(8-10-12)13(3)4/h7-10H,5-6H2,1-4H3. The highest BCUT2D eigenvalue weighted by Gasteiger charge is 2.12. The molecule has 0 aliphatic heterocycles. The van der Waals surface area contributed by atoms with Crippen molar-refractivity contribution in [3.8, 4) is 0 Å². The molecule has 0 atom stereocenters. The van der Waals surface area contributed by atoms with E-state index in [9.17, 15) is 0 Å². The van der Waals surface area contributed by atoms with Crippen LogP contribution in [-0.2, 0) is 9.05 Å². The summed E-state index contributed by atoms with van der Waals surface area (Å²) in [7, 11) is 3.16. The van der Waals surface area contributed by atoms with Gasteiger partial charge in [-0.05, 0) is 38.1 Å². The Labute approximate surface area is 99.3 Å². The smallest absolute Gasteiger partial charge is 0.205 e. The van der Waals surface area contributed by atoms with Gasteiger partial charge in [0.1, 0.15) is 0 Å². The number of rotatable bonds is 6. The fourth-order valence-electron chi connectivity index (χ4n) is 1.29. The van der Waals surface area contributed by atoms with E-state index >= 15 is 0 Å².